The van der Waals surface area contributed by atoms with Crippen molar-refractivity contribution in [3.63, 3.8) is 0 Å². The summed E-state index contributed by atoms with van der Waals surface area (Å²) >= 11 is 0. The van der Waals surface area contributed by atoms with Crippen LogP contribution in [-0.2, 0) is 11.3 Å². The number of benzene rings is 1. The van der Waals surface area contributed by atoms with Crippen LogP contribution in [0, 0.1) is 0 Å². The summed E-state index contributed by atoms with van der Waals surface area (Å²) in [5, 5.41) is 3.32. The third-order valence-corrected chi connectivity index (χ3v) is 2.80. The Morgan fingerprint density at radius 2 is 2.05 bits per heavy atom. The lowest BCUT2D eigenvalue weighted by Crippen LogP contribution is -2.20. The fraction of sp³-hybridized carbons (Fsp3) is 0.533. The summed E-state index contributed by atoms with van der Waals surface area (Å²) in [7, 11) is 0. The first kappa shape index (κ1) is 15.7. The second kappa shape index (κ2) is 8.67. The number of hydrogen-bond acceptors (Lipinski definition) is 3. The average Bonchev–Trinajstić information content (AvgIpc) is 2.37. The van der Waals surface area contributed by atoms with Gasteiger partial charge in [0.2, 0.25) is 5.91 Å². The summed E-state index contributed by atoms with van der Waals surface area (Å²) in [6, 6.07) is 7.43. The molecule has 0 atom stereocenters. The maximum atomic E-state index is 11.2. The summed E-state index contributed by atoms with van der Waals surface area (Å²) in [5.74, 6) is -0.372. The van der Waals surface area contributed by atoms with E-state index in [0.717, 1.165) is 31.6 Å². The highest BCUT2D eigenvalue weighted by atomic mass is 16.5. The zero-order valence-corrected chi connectivity index (χ0v) is 11.8. The van der Waals surface area contributed by atoms with Gasteiger partial charge in [-0.2, -0.15) is 0 Å². The second-order valence-electron chi connectivity index (χ2n) is 4.82. The summed E-state index contributed by atoms with van der Waals surface area (Å²) in [5.41, 5.74) is 6.88. The lowest BCUT2D eigenvalue weighted by Gasteiger charge is -2.09. The van der Waals surface area contributed by atoms with Crippen LogP contribution in [0.25, 0.3) is 0 Å². The fourth-order valence-corrected chi connectivity index (χ4v) is 1.81. The van der Waals surface area contributed by atoms with Gasteiger partial charge in [0.1, 0.15) is 0 Å². The molecule has 1 rings (SSSR count). The Balaban J connectivity index is 2.21. The lowest BCUT2D eigenvalue weighted by molar-refractivity contribution is 0.0760. The molecule has 0 spiro atoms. The Morgan fingerprint density at radius 1 is 1.32 bits per heavy atom. The molecule has 0 aromatic heterocycles. The molecule has 0 aliphatic rings. The van der Waals surface area contributed by atoms with Crippen LogP contribution in [-0.4, -0.2) is 25.2 Å². The monoisotopic (exact) mass is 264 g/mol. The number of ether oxygens (including phenoxy) is 1. The summed E-state index contributed by atoms with van der Waals surface area (Å²) < 4.78 is 5.47. The van der Waals surface area contributed by atoms with Crippen LogP contribution in [0.5, 0.6) is 0 Å². The van der Waals surface area contributed by atoms with Crippen molar-refractivity contribution in [2.45, 2.75) is 39.3 Å². The van der Waals surface area contributed by atoms with Gasteiger partial charge in [0.05, 0.1) is 6.10 Å². The fourth-order valence-electron chi connectivity index (χ4n) is 1.81. The van der Waals surface area contributed by atoms with E-state index in [4.69, 9.17) is 10.5 Å². The van der Waals surface area contributed by atoms with Crippen molar-refractivity contribution in [2.75, 3.05) is 13.2 Å². The summed E-state index contributed by atoms with van der Waals surface area (Å²) in [6.45, 7) is 6.47. The molecule has 3 N–H and O–H groups in total. The van der Waals surface area contributed by atoms with Crippen molar-refractivity contribution in [3.05, 3.63) is 35.4 Å². The summed E-state index contributed by atoms with van der Waals surface area (Å²) in [4.78, 5) is 11.2. The number of rotatable bonds is 9. The maximum absolute atomic E-state index is 11.2. The molecule has 1 aromatic carbocycles. The number of unbranched alkanes of at least 4 members (excludes halogenated alkanes) is 1. The van der Waals surface area contributed by atoms with E-state index in [1.54, 1.807) is 6.07 Å². The molecule has 4 nitrogen and oxygen atoms in total. The molecule has 1 amide bonds. The molecule has 0 radical (unpaired) electrons. The highest BCUT2D eigenvalue weighted by Crippen LogP contribution is 2.07. The number of nitrogens with two attached hydrogens (primary N) is 1. The van der Waals surface area contributed by atoms with Gasteiger partial charge in [0.15, 0.2) is 0 Å². The third-order valence-electron chi connectivity index (χ3n) is 2.80. The number of primary amides is 1. The van der Waals surface area contributed by atoms with Crippen molar-refractivity contribution in [1.82, 2.24) is 5.32 Å². The summed E-state index contributed by atoms with van der Waals surface area (Å²) in [6.07, 6.45) is 2.41. The van der Waals surface area contributed by atoms with E-state index in [-0.39, 0.29) is 5.91 Å². The number of carbonyl (C=O) groups is 1. The zero-order valence-electron chi connectivity index (χ0n) is 11.8. The minimum atomic E-state index is -0.372. The first-order valence-corrected chi connectivity index (χ1v) is 6.81. The first-order chi connectivity index (χ1) is 9.11. The smallest absolute Gasteiger partial charge is 0.249 e. The van der Waals surface area contributed by atoms with Crippen LogP contribution >= 0.6 is 0 Å². The van der Waals surface area contributed by atoms with Gasteiger partial charge in [-0.3, -0.25) is 4.79 Å². The minimum Gasteiger partial charge on any atom is -0.379 e. The third kappa shape index (κ3) is 6.36. The zero-order chi connectivity index (χ0) is 14.1. The number of nitrogens with one attached hydrogen (secondary N) is 1. The van der Waals surface area contributed by atoms with Crippen LogP contribution in [0.1, 0.15) is 42.6 Å². The molecule has 4 heteroatoms. The van der Waals surface area contributed by atoms with Gasteiger partial charge < -0.3 is 15.8 Å². The van der Waals surface area contributed by atoms with Crippen molar-refractivity contribution in [2.24, 2.45) is 5.73 Å². The van der Waals surface area contributed by atoms with E-state index < -0.39 is 0 Å². The molecule has 0 aliphatic heterocycles. The van der Waals surface area contributed by atoms with Crippen LogP contribution in [0.15, 0.2) is 24.3 Å². The average molecular weight is 264 g/mol. The van der Waals surface area contributed by atoms with E-state index >= 15 is 0 Å². The molecule has 0 aliphatic carbocycles. The van der Waals surface area contributed by atoms with Crippen molar-refractivity contribution < 1.29 is 9.53 Å². The quantitative estimate of drug-likeness (QED) is 0.671. The van der Waals surface area contributed by atoms with Crippen molar-refractivity contribution >= 4 is 5.91 Å². The van der Waals surface area contributed by atoms with Gasteiger partial charge >= 0.3 is 0 Å². The van der Waals surface area contributed by atoms with E-state index in [1.807, 2.05) is 32.0 Å². The SMILES string of the molecule is CC(C)OCCCCNCc1ccccc1C(N)=O. The van der Waals surface area contributed by atoms with Crippen LogP contribution in [0.4, 0.5) is 0 Å². The van der Waals surface area contributed by atoms with Gasteiger partial charge in [0, 0.05) is 18.7 Å². The van der Waals surface area contributed by atoms with Gasteiger partial charge in [-0.05, 0) is 44.9 Å². The number of carbonyl (C=O) groups excluding carboxylic acids is 1. The highest BCUT2D eigenvalue weighted by Gasteiger charge is 2.05. The molecule has 0 saturated heterocycles. The molecule has 0 heterocycles. The van der Waals surface area contributed by atoms with E-state index in [2.05, 4.69) is 5.32 Å². The van der Waals surface area contributed by atoms with Crippen molar-refractivity contribution in [3.8, 4) is 0 Å². The van der Waals surface area contributed by atoms with Crippen LogP contribution < -0.4 is 11.1 Å². The van der Waals surface area contributed by atoms with Gasteiger partial charge in [0.25, 0.3) is 0 Å². The molecular weight excluding hydrogens is 240 g/mol. The first-order valence-electron chi connectivity index (χ1n) is 6.81. The van der Waals surface area contributed by atoms with E-state index in [1.165, 1.54) is 0 Å². The number of hydrogen-bond donors (Lipinski definition) is 2. The normalized spacial score (nSPS) is 10.9. The largest absolute Gasteiger partial charge is 0.379 e. The molecular formula is C15H24N2O2. The Bertz CT molecular complexity index is 391. The Kier molecular flexibility index (Phi) is 7.15. The van der Waals surface area contributed by atoms with Gasteiger partial charge in [-0.25, -0.2) is 0 Å². The highest BCUT2D eigenvalue weighted by molar-refractivity contribution is 5.94. The van der Waals surface area contributed by atoms with Gasteiger partial charge in [-0.15, -0.1) is 0 Å². The molecule has 19 heavy (non-hydrogen) atoms. The molecule has 106 valence electrons. The predicted molar refractivity (Wildman–Crippen MR) is 77.0 cm³/mol. The number of amides is 1. The topological polar surface area (TPSA) is 64.3 Å². The van der Waals surface area contributed by atoms with Crippen LogP contribution in [0.2, 0.25) is 0 Å². The predicted octanol–water partition coefficient (Wildman–Crippen LogP) is 2.08. The molecule has 0 fully saturated rings. The Labute approximate surface area is 115 Å². The molecule has 0 unspecified atom stereocenters. The Hall–Kier alpha value is -1.39. The molecule has 0 bridgehead atoms. The lowest BCUT2D eigenvalue weighted by atomic mass is 10.1. The van der Waals surface area contributed by atoms with Crippen LogP contribution in [0.3, 0.4) is 0 Å². The molecule has 0 saturated carbocycles. The minimum absolute atomic E-state index is 0.301. The van der Waals surface area contributed by atoms with E-state index in [9.17, 15) is 4.79 Å². The van der Waals surface area contributed by atoms with E-state index in [0.29, 0.717) is 18.2 Å². The second-order valence-corrected chi connectivity index (χ2v) is 4.82. The maximum Gasteiger partial charge on any atom is 0.249 e. The standard InChI is InChI=1S/C15H24N2O2/c1-12(2)19-10-6-5-9-17-11-13-7-3-4-8-14(13)15(16)18/h3-4,7-8,12,17H,5-6,9-11H2,1-2H3,(H2,16,18). The van der Waals surface area contributed by atoms with Gasteiger partial charge in [-0.1, -0.05) is 18.2 Å². The Morgan fingerprint density at radius 3 is 2.74 bits per heavy atom. The van der Waals surface area contributed by atoms with Crippen molar-refractivity contribution in [1.29, 1.82) is 0 Å². The molecule has 1 aromatic rings.